The second-order valence-corrected chi connectivity index (χ2v) is 6.72. The Morgan fingerprint density at radius 3 is 2.21 bits per heavy atom. The molecule has 3 N–H and O–H groups in total. The maximum atomic E-state index is 10.9. The third-order valence-corrected chi connectivity index (χ3v) is 4.08. The molecule has 4 nitrogen and oxygen atoms in total. The molecule has 84 valence electrons. The Morgan fingerprint density at radius 2 is 1.93 bits per heavy atom. The first-order valence-corrected chi connectivity index (χ1v) is 6.44. The quantitative estimate of drug-likeness (QED) is 0.697. The predicted octanol–water partition coefficient (Wildman–Crippen LogP) is 1.03. The van der Waals surface area contributed by atoms with Gasteiger partial charge in [0, 0.05) is 0 Å². The van der Waals surface area contributed by atoms with E-state index in [4.69, 9.17) is 10.3 Å². The standard InChI is InChI=1S/C9H19NO3S/c1-8(2)3-4-9(5-8,6-10)7-14(11,12)13/h3-7,10H2,1-2H3,(H,11,12,13)/t9-/m0/s1. The van der Waals surface area contributed by atoms with Crippen LogP contribution in [0.15, 0.2) is 0 Å². The molecule has 1 rings (SSSR count). The largest absolute Gasteiger partial charge is 0.330 e. The van der Waals surface area contributed by atoms with Gasteiger partial charge in [0.1, 0.15) is 0 Å². The summed E-state index contributed by atoms with van der Waals surface area (Å²) < 4.78 is 30.6. The van der Waals surface area contributed by atoms with Crippen molar-refractivity contribution in [2.45, 2.75) is 33.1 Å². The van der Waals surface area contributed by atoms with E-state index in [1.54, 1.807) is 0 Å². The fourth-order valence-electron chi connectivity index (χ4n) is 2.54. The average Bonchev–Trinajstić information content (AvgIpc) is 2.24. The molecule has 0 aromatic carbocycles. The van der Waals surface area contributed by atoms with Crippen molar-refractivity contribution in [2.75, 3.05) is 12.3 Å². The van der Waals surface area contributed by atoms with Crippen LogP contribution < -0.4 is 5.73 Å². The predicted molar refractivity (Wildman–Crippen MR) is 55.5 cm³/mol. The molecule has 14 heavy (non-hydrogen) atoms. The maximum Gasteiger partial charge on any atom is 0.265 e. The van der Waals surface area contributed by atoms with Crippen LogP contribution in [-0.2, 0) is 10.1 Å². The molecule has 0 saturated heterocycles. The van der Waals surface area contributed by atoms with Crippen LogP contribution in [0.5, 0.6) is 0 Å². The van der Waals surface area contributed by atoms with E-state index in [0.717, 1.165) is 19.3 Å². The smallest absolute Gasteiger partial charge is 0.265 e. The van der Waals surface area contributed by atoms with Gasteiger partial charge in [0.05, 0.1) is 5.75 Å². The van der Waals surface area contributed by atoms with E-state index < -0.39 is 15.5 Å². The highest BCUT2D eigenvalue weighted by molar-refractivity contribution is 7.85. The van der Waals surface area contributed by atoms with Crippen LogP contribution >= 0.6 is 0 Å². The Labute approximate surface area is 85.6 Å². The first-order chi connectivity index (χ1) is 6.18. The first kappa shape index (κ1) is 11.9. The lowest BCUT2D eigenvalue weighted by Crippen LogP contribution is -2.35. The van der Waals surface area contributed by atoms with Crippen LogP contribution in [0, 0.1) is 10.8 Å². The van der Waals surface area contributed by atoms with Crippen molar-refractivity contribution in [1.29, 1.82) is 0 Å². The molecule has 1 aliphatic carbocycles. The van der Waals surface area contributed by atoms with E-state index in [0.29, 0.717) is 6.54 Å². The monoisotopic (exact) mass is 221 g/mol. The van der Waals surface area contributed by atoms with Gasteiger partial charge in [0.25, 0.3) is 10.1 Å². The first-order valence-electron chi connectivity index (χ1n) is 4.83. The number of hydrogen-bond acceptors (Lipinski definition) is 3. The van der Waals surface area contributed by atoms with E-state index in [-0.39, 0.29) is 11.2 Å². The molecule has 0 aliphatic heterocycles. The van der Waals surface area contributed by atoms with Crippen molar-refractivity contribution in [3.05, 3.63) is 0 Å². The van der Waals surface area contributed by atoms with Crippen molar-refractivity contribution in [3.63, 3.8) is 0 Å². The second kappa shape index (κ2) is 3.47. The summed E-state index contributed by atoms with van der Waals surface area (Å²) in [6.07, 6.45) is 2.53. The SMILES string of the molecule is CC1(C)CC[C@](CN)(CS(=O)(=O)O)C1. The Bertz CT molecular complexity index is 310. The zero-order valence-corrected chi connectivity index (χ0v) is 9.60. The third kappa shape index (κ3) is 2.93. The van der Waals surface area contributed by atoms with Gasteiger partial charge >= 0.3 is 0 Å². The normalized spacial score (nSPS) is 32.0. The Balaban J connectivity index is 2.81. The molecule has 5 heteroatoms. The Kier molecular flexibility index (Phi) is 2.96. The maximum absolute atomic E-state index is 10.9. The van der Waals surface area contributed by atoms with Crippen molar-refractivity contribution < 1.29 is 13.0 Å². The molecule has 1 saturated carbocycles. The van der Waals surface area contributed by atoms with Gasteiger partial charge < -0.3 is 5.73 Å². The minimum Gasteiger partial charge on any atom is -0.330 e. The summed E-state index contributed by atoms with van der Waals surface area (Å²) in [5.74, 6) is -0.195. The van der Waals surface area contributed by atoms with Crippen molar-refractivity contribution >= 4 is 10.1 Å². The molecule has 0 bridgehead atoms. The van der Waals surface area contributed by atoms with E-state index >= 15 is 0 Å². The van der Waals surface area contributed by atoms with Crippen LogP contribution in [0.2, 0.25) is 0 Å². The molecule has 1 fully saturated rings. The summed E-state index contributed by atoms with van der Waals surface area (Å²) in [4.78, 5) is 0. The van der Waals surface area contributed by atoms with E-state index in [2.05, 4.69) is 13.8 Å². The summed E-state index contributed by atoms with van der Waals surface area (Å²) in [7, 11) is -3.91. The van der Waals surface area contributed by atoms with Gasteiger partial charge in [-0.3, -0.25) is 4.55 Å². The summed E-state index contributed by atoms with van der Waals surface area (Å²) in [5.41, 5.74) is 5.36. The highest BCUT2D eigenvalue weighted by atomic mass is 32.2. The second-order valence-electron chi connectivity index (χ2n) is 5.27. The highest BCUT2D eigenvalue weighted by Gasteiger charge is 2.44. The molecule has 0 amide bonds. The van der Waals surface area contributed by atoms with Crippen LogP contribution in [-0.4, -0.2) is 25.3 Å². The van der Waals surface area contributed by atoms with Gasteiger partial charge in [-0.05, 0) is 36.6 Å². The molecular formula is C9H19NO3S. The highest BCUT2D eigenvalue weighted by Crippen LogP contribution is 2.49. The summed E-state index contributed by atoms with van der Waals surface area (Å²) in [6.45, 7) is 4.54. The zero-order valence-electron chi connectivity index (χ0n) is 8.78. The molecule has 0 heterocycles. The molecular weight excluding hydrogens is 202 g/mol. The zero-order chi connectivity index (χ0) is 11.0. The average molecular weight is 221 g/mol. The minimum atomic E-state index is -3.91. The molecule has 0 aromatic rings. The molecule has 1 atom stereocenters. The lowest BCUT2D eigenvalue weighted by Gasteiger charge is -2.27. The molecule has 0 spiro atoms. The molecule has 0 unspecified atom stereocenters. The minimum absolute atomic E-state index is 0.143. The lowest BCUT2D eigenvalue weighted by molar-refractivity contribution is 0.284. The Hall–Kier alpha value is -0.130. The molecule has 0 aromatic heterocycles. The fourth-order valence-corrected chi connectivity index (χ4v) is 3.68. The van der Waals surface area contributed by atoms with Gasteiger partial charge in [-0.15, -0.1) is 0 Å². The van der Waals surface area contributed by atoms with Gasteiger partial charge in [-0.25, -0.2) is 0 Å². The van der Waals surface area contributed by atoms with Gasteiger partial charge in [0.2, 0.25) is 0 Å². The fraction of sp³-hybridized carbons (Fsp3) is 1.00. The van der Waals surface area contributed by atoms with Crippen LogP contribution in [0.4, 0.5) is 0 Å². The Morgan fingerprint density at radius 1 is 1.36 bits per heavy atom. The van der Waals surface area contributed by atoms with E-state index in [1.807, 2.05) is 0 Å². The van der Waals surface area contributed by atoms with Crippen LogP contribution in [0.25, 0.3) is 0 Å². The van der Waals surface area contributed by atoms with Gasteiger partial charge in [-0.1, -0.05) is 13.8 Å². The summed E-state index contributed by atoms with van der Waals surface area (Å²) in [6, 6.07) is 0. The topological polar surface area (TPSA) is 80.4 Å². The third-order valence-electron chi connectivity index (χ3n) is 3.11. The van der Waals surface area contributed by atoms with E-state index in [9.17, 15) is 8.42 Å². The number of hydrogen-bond donors (Lipinski definition) is 2. The lowest BCUT2D eigenvalue weighted by atomic mass is 9.83. The molecule has 1 aliphatic rings. The number of rotatable bonds is 3. The van der Waals surface area contributed by atoms with Gasteiger partial charge in [-0.2, -0.15) is 8.42 Å². The molecule has 0 radical (unpaired) electrons. The van der Waals surface area contributed by atoms with Crippen molar-refractivity contribution in [2.24, 2.45) is 16.6 Å². The van der Waals surface area contributed by atoms with Crippen LogP contribution in [0.1, 0.15) is 33.1 Å². The summed E-state index contributed by atoms with van der Waals surface area (Å²) >= 11 is 0. The van der Waals surface area contributed by atoms with E-state index in [1.165, 1.54) is 0 Å². The van der Waals surface area contributed by atoms with Crippen molar-refractivity contribution in [1.82, 2.24) is 0 Å². The van der Waals surface area contributed by atoms with Crippen molar-refractivity contribution in [3.8, 4) is 0 Å². The van der Waals surface area contributed by atoms with Crippen LogP contribution in [0.3, 0.4) is 0 Å². The number of nitrogens with two attached hydrogens (primary N) is 1. The summed E-state index contributed by atoms with van der Waals surface area (Å²) in [5, 5.41) is 0. The van der Waals surface area contributed by atoms with Gasteiger partial charge in [0.15, 0.2) is 0 Å².